The molecule has 4 amide bonds. The van der Waals surface area contributed by atoms with Crippen molar-refractivity contribution in [2.45, 2.75) is 50.9 Å². The molecule has 170 valence electrons. The van der Waals surface area contributed by atoms with E-state index in [1.165, 1.54) is 13.8 Å². The molecule has 10 N–H and O–H groups in total. The summed E-state index contributed by atoms with van der Waals surface area (Å²) in [5.41, 5.74) is 10.4. The summed E-state index contributed by atoms with van der Waals surface area (Å²) >= 11 is 0. The van der Waals surface area contributed by atoms with Crippen LogP contribution in [0.4, 0.5) is 0 Å². The number of aliphatic hydroxyl groups is 1. The summed E-state index contributed by atoms with van der Waals surface area (Å²) in [5.74, 6) is -7.36. The van der Waals surface area contributed by atoms with Gasteiger partial charge in [0, 0.05) is 0 Å². The molecule has 14 heteroatoms. The van der Waals surface area contributed by atoms with Crippen LogP contribution in [-0.2, 0) is 28.8 Å². The van der Waals surface area contributed by atoms with Crippen LogP contribution in [0.15, 0.2) is 0 Å². The summed E-state index contributed by atoms with van der Waals surface area (Å²) in [5, 5.41) is 33.5. The molecule has 0 heterocycles. The minimum absolute atomic E-state index is 0.497. The number of nitrogens with two attached hydrogens (primary N) is 2. The van der Waals surface area contributed by atoms with Crippen LogP contribution in [-0.4, -0.2) is 81.7 Å². The van der Waals surface area contributed by atoms with Crippen molar-refractivity contribution in [3.05, 3.63) is 0 Å². The van der Waals surface area contributed by atoms with Gasteiger partial charge < -0.3 is 42.7 Å². The van der Waals surface area contributed by atoms with Gasteiger partial charge in [-0.2, -0.15) is 0 Å². The Morgan fingerprint density at radius 2 is 1.37 bits per heavy atom. The number of nitrogens with one attached hydrogen (secondary N) is 3. The number of carboxylic acid groups (broad SMARTS) is 2. The monoisotopic (exact) mass is 433 g/mol. The standard InChI is InChI=1S/C16H27N5O9/c1-6(2)12(15(28)19-8(16(29)30)4-11(24)25)21-14(27)9(5-22)20-13(26)7(17)3-10(18)23/h6-9,12,22H,3-5,17H2,1-2H3,(H2,18,23)(H,19,28)(H,20,26)(H,21,27)(H,24,25)(H,29,30). The van der Waals surface area contributed by atoms with Gasteiger partial charge in [0.15, 0.2) is 0 Å². The predicted molar refractivity (Wildman–Crippen MR) is 99.4 cm³/mol. The molecule has 0 aromatic carbocycles. The molecule has 0 saturated carbocycles. The first-order valence-electron chi connectivity index (χ1n) is 8.80. The van der Waals surface area contributed by atoms with E-state index in [0.29, 0.717) is 0 Å². The van der Waals surface area contributed by atoms with Crippen LogP contribution in [0, 0.1) is 5.92 Å². The second-order valence-corrected chi connectivity index (χ2v) is 6.75. The molecule has 0 aromatic rings. The summed E-state index contributed by atoms with van der Waals surface area (Å²) in [6.07, 6.45) is -1.38. The van der Waals surface area contributed by atoms with Crippen molar-refractivity contribution in [3.8, 4) is 0 Å². The first-order chi connectivity index (χ1) is 13.8. The molecular weight excluding hydrogens is 406 g/mol. The third-order valence-corrected chi connectivity index (χ3v) is 3.81. The van der Waals surface area contributed by atoms with Crippen molar-refractivity contribution in [1.82, 2.24) is 16.0 Å². The number of primary amides is 1. The van der Waals surface area contributed by atoms with Crippen molar-refractivity contribution < 1.29 is 44.1 Å². The molecule has 4 atom stereocenters. The van der Waals surface area contributed by atoms with Crippen molar-refractivity contribution in [2.75, 3.05) is 6.61 Å². The van der Waals surface area contributed by atoms with Crippen molar-refractivity contribution in [1.29, 1.82) is 0 Å². The number of aliphatic hydroxyl groups excluding tert-OH is 1. The summed E-state index contributed by atoms with van der Waals surface area (Å²) in [6.45, 7) is 2.17. The molecule has 0 aliphatic heterocycles. The zero-order chi connectivity index (χ0) is 23.6. The minimum atomic E-state index is -1.73. The second kappa shape index (κ2) is 12.3. The molecule has 4 unspecified atom stereocenters. The van der Waals surface area contributed by atoms with Gasteiger partial charge >= 0.3 is 11.9 Å². The van der Waals surface area contributed by atoms with Gasteiger partial charge in [0.05, 0.1) is 25.5 Å². The molecule has 0 rings (SSSR count). The Bertz CT molecular complexity index is 682. The van der Waals surface area contributed by atoms with Gasteiger partial charge in [0.25, 0.3) is 0 Å². The summed E-state index contributed by atoms with van der Waals surface area (Å²) < 4.78 is 0. The van der Waals surface area contributed by atoms with Gasteiger partial charge in [-0.1, -0.05) is 13.8 Å². The number of aliphatic carboxylic acids is 2. The SMILES string of the molecule is CC(C)C(NC(=O)C(CO)NC(=O)C(N)CC(N)=O)C(=O)NC(CC(=O)O)C(=O)O. The first kappa shape index (κ1) is 26.7. The van der Waals surface area contributed by atoms with Gasteiger partial charge in [-0.25, -0.2) is 4.79 Å². The van der Waals surface area contributed by atoms with E-state index in [4.69, 9.17) is 21.7 Å². The third kappa shape index (κ3) is 9.29. The van der Waals surface area contributed by atoms with E-state index in [1.807, 2.05) is 5.32 Å². The molecule has 0 saturated heterocycles. The Labute approximate surface area is 171 Å². The average molecular weight is 433 g/mol. The highest BCUT2D eigenvalue weighted by molar-refractivity contribution is 5.95. The fraction of sp³-hybridized carbons (Fsp3) is 0.625. The number of carbonyl (C=O) groups is 6. The number of hydrogen-bond acceptors (Lipinski definition) is 8. The lowest BCUT2D eigenvalue weighted by Crippen LogP contribution is -2.59. The zero-order valence-electron chi connectivity index (χ0n) is 16.5. The molecule has 0 bridgehead atoms. The highest BCUT2D eigenvalue weighted by Crippen LogP contribution is 2.05. The fourth-order valence-corrected chi connectivity index (χ4v) is 2.21. The number of amides is 4. The Hall–Kier alpha value is -3.26. The lowest BCUT2D eigenvalue weighted by molar-refractivity contribution is -0.147. The Balaban J connectivity index is 5.21. The molecule has 14 nitrogen and oxygen atoms in total. The van der Waals surface area contributed by atoms with E-state index in [-0.39, 0.29) is 0 Å². The second-order valence-electron chi connectivity index (χ2n) is 6.75. The number of carbonyl (C=O) groups excluding carboxylic acids is 4. The van der Waals surface area contributed by atoms with E-state index in [1.54, 1.807) is 0 Å². The fourth-order valence-electron chi connectivity index (χ4n) is 2.21. The average Bonchev–Trinajstić information content (AvgIpc) is 2.61. The van der Waals surface area contributed by atoms with Crippen LogP contribution in [0.1, 0.15) is 26.7 Å². The van der Waals surface area contributed by atoms with Gasteiger partial charge in [0.1, 0.15) is 18.1 Å². The topological polar surface area (TPSA) is 251 Å². The smallest absolute Gasteiger partial charge is 0.326 e. The largest absolute Gasteiger partial charge is 0.481 e. The van der Waals surface area contributed by atoms with E-state index < -0.39 is 85.1 Å². The van der Waals surface area contributed by atoms with Crippen LogP contribution in [0.3, 0.4) is 0 Å². The maximum Gasteiger partial charge on any atom is 0.326 e. The first-order valence-corrected chi connectivity index (χ1v) is 8.80. The minimum Gasteiger partial charge on any atom is -0.481 e. The van der Waals surface area contributed by atoms with Crippen LogP contribution in [0.2, 0.25) is 0 Å². The van der Waals surface area contributed by atoms with Crippen molar-refractivity contribution >= 4 is 35.6 Å². The highest BCUT2D eigenvalue weighted by Gasteiger charge is 2.32. The molecule has 0 fully saturated rings. The molecule has 0 spiro atoms. The van der Waals surface area contributed by atoms with Crippen LogP contribution in [0.5, 0.6) is 0 Å². The number of hydrogen-bond donors (Lipinski definition) is 8. The van der Waals surface area contributed by atoms with E-state index in [2.05, 4.69) is 10.6 Å². The predicted octanol–water partition coefficient (Wildman–Crippen LogP) is -4.15. The summed E-state index contributed by atoms with van der Waals surface area (Å²) in [6, 6.07) is -5.92. The molecule has 0 aliphatic carbocycles. The van der Waals surface area contributed by atoms with Gasteiger partial charge in [-0.05, 0) is 5.92 Å². The number of rotatable bonds is 13. The molecule has 0 aromatic heterocycles. The van der Waals surface area contributed by atoms with Crippen LogP contribution in [0.25, 0.3) is 0 Å². The van der Waals surface area contributed by atoms with Crippen LogP contribution < -0.4 is 27.4 Å². The Morgan fingerprint density at radius 1 is 0.833 bits per heavy atom. The number of carboxylic acids is 2. The highest BCUT2D eigenvalue weighted by atomic mass is 16.4. The molecule has 30 heavy (non-hydrogen) atoms. The van der Waals surface area contributed by atoms with E-state index >= 15 is 0 Å². The molecule has 0 aliphatic rings. The van der Waals surface area contributed by atoms with Crippen LogP contribution >= 0.6 is 0 Å². The Kier molecular flexibility index (Phi) is 11.0. The van der Waals surface area contributed by atoms with Crippen molar-refractivity contribution in [2.24, 2.45) is 17.4 Å². The normalized spacial score (nSPS) is 14.7. The van der Waals surface area contributed by atoms with Gasteiger partial charge in [-0.3, -0.25) is 24.0 Å². The van der Waals surface area contributed by atoms with Gasteiger partial charge in [-0.15, -0.1) is 0 Å². The zero-order valence-corrected chi connectivity index (χ0v) is 16.5. The third-order valence-electron chi connectivity index (χ3n) is 3.81. The maximum atomic E-state index is 12.4. The lowest BCUT2D eigenvalue weighted by Gasteiger charge is -2.26. The molecule has 0 radical (unpaired) electrons. The quantitative estimate of drug-likeness (QED) is 0.139. The maximum absolute atomic E-state index is 12.4. The lowest BCUT2D eigenvalue weighted by atomic mass is 10.0. The summed E-state index contributed by atoms with van der Waals surface area (Å²) in [4.78, 5) is 69.3. The van der Waals surface area contributed by atoms with E-state index in [0.717, 1.165) is 0 Å². The Morgan fingerprint density at radius 3 is 1.77 bits per heavy atom. The van der Waals surface area contributed by atoms with E-state index in [9.17, 15) is 33.9 Å². The van der Waals surface area contributed by atoms with Crippen molar-refractivity contribution in [3.63, 3.8) is 0 Å². The molecular formula is C16H27N5O9. The van der Waals surface area contributed by atoms with Gasteiger partial charge in [0.2, 0.25) is 23.6 Å². The summed E-state index contributed by atoms with van der Waals surface area (Å²) in [7, 11) is 0.